The molecule has 0 unspecified atom stereocenters. The summed E-state index contributed by atoms with van der Waals surface area (Å²) in [6, 6.07) is 14.3. The molecule has 2 aromatic carbocycles. The smallest absolute Gasteiger partial charge is 0.251 e. The fourth-order valence-corrected chi connectivity index (χ4v) is 3.20. The first kappa shape index (κ1) is 21.2. The molecule has 4 rings (SSSR count). The van der Waals surface area contributed by atoms with Gasteiger partial charge in [0.05, 0.1) is 13.1 Å². The molecule has 2 heterocycles. The minimum atomic E-state index is -0.194. The minimum absolute atomic E-state index is 0.194. The molecule has 166 valence electrons. The lowest BCUT2D eigenvalue weighted by Crippen LogP contribution is -2.34. The van der Waals surface area contributed by atoms with Crippen LogP contribution >= 0.6 is 0 Å². The van der Waals surface area contributed by atoms with Gasteiger partial charge in [0, 0.05) is 48.7 Å². The summed E-state index contributed by atoms with van der Waals surface area (Å²) in [5.74, 6) is 1.09. The number of carbonyl (C=O) groups excluding carboxylic acids is 2. The minimum Gasteiger partial charge on any atom is -0.354 e. The molecule has 0 saturated heterocycles. The van der Waals surface area contributed by atoms with Crippen LogP contribution in [0.3, 0.4) is 0 Å². The van der Waals surface area contributed by atoms with Crippen molar-refractivity contribution >= 4 is 35.1 Å². The first-order valence-corrected chi connectivity index (χ1v) is 10.5. The van der Waals surface area contributed by atoms with Crippen LogP contribution in [0.4, 0.5) is 11.4 Å². The zero-order chi connectivity index (χ0) is 22.2. The molecule has 0 aliphatic carbocycles. The Balaban J connectivity index is 1.17. The highest BCUT2D eigenvalue weighted by Gasteiger charge is 2.09. The average molecular weight is 435 g/mol. The van der Waals surface area contributed by atoms with E-state index < -0.39 is 0 Å². The molecule has 2 aliphatic rings. The van der Waals surface area contributed by atoms with Crippen molar-refractivity contribution in [3.63, 3.8) is 0 Å². The summed E-state index contributed by atoms with van der Waals surface area (Å²) in [5, 5.41) is 18.2. The van der Waals surface area contributed by atoms with Gasteiger partial charge in [-0.1, -0.05) is 0 Å². The molecule has 10 nitrogen and oxygen atoms in total. The lowest BCUT2D eigenvalue weighted by molar-refractivity contribution is 0.0927. The molecule has 0 radical (unpaired) electrons. The van der Waals surface area contributed by atoms with Gasteiger partial charge in [-0.05, 0) is 48.5 Å². The first-order chi connectivity index (χ1) is 15.7. The summed E-state index contributed by atoms with van der Waals surface area (Å²) in [5.41, 5.74) is 2.81. The number of hydrogen-bond acceptors (Lipinski definition) is 8. The molecule has 0 saturated carbocycles. The van der Waals surface area contributed by atoms with Gasteiger partial charge >= 0.3 is 0 Å². The van der Waals surface area contributed by atoms with Crippen molar-refractivity contribution < 1.29 is 9.59 Å². The van der Waals surface area contributed by atoms with E-state index in [1.165, 1.54) is 0 Å². The number of benzene rings is 2. The molecule has 0 fully saturated rings. The van der Waals surface area contributed by atoms with Crippen molar-refractivity contribution in [2.24, 2.45) is 9.98 Å². The van der Waals surface area contributed by atoms with E-state index in [1.54, 1.807) is 24.3 Å². The van der Waals surface area contributed by atoms with Crippen LogP contribution in [-0.2, 0) is 0 Å². The van der Waals surface area contributed by atoms with Gasteiger partial charge in [-0.3, -0.25) is 19.6 Å². The Morgan fingerprint density at radius 2 is 1.09 bits per heavy atom. The third kappa shape index (κ3) is 5.75. The summed E-state index contributed by atoms with van der Waals surface area (Å²) >= 11 is 0. The predicted molar refractivity (Wildman–Crippen MR) is 125 cm³/mol. The maximum Gasteiger partial charge on any atom is 0.251 e. The lowest BCUT2D eigenvalue weighted by atomic mass is 10.2. The van der Waals surface area contributed by atoms with Gasteiger partial charge in [-0.25, -0.2) is 0 Å². The molecule has 2 amide bonds. The van der Waals surface area contributed by atoms with Crippen molar-refractivity contribution in [3.05, 3.63) is 59.7 Å². The van der Waals surface area contributed by atoms with Crippen LogP contribution in [0.15, 0.2) is 58.5 Å². The van der Waals surface area contributed by atoms with Crippen LogP contribution in [0, 0.1) is 0 Å². The van der Waals surface area contributed by atoms with Crippen molar-refractivity contribution in [2.75, 3.05) is 49.9 Å². The number of aliphatic imine (C=N–C) groups is 2. The zero-order valence-corrected chi connectivity index (χ0v) is 17.6. The van der Waals surface area contributed by atoms with Gasteiger partial charge in [0.2, 0.25) is 0 Å². The van der Waals surface area contributed by atoms with E-state index in [0.717, 1.165) is 49.5 Å². The summed E-state index contributed by atoms with van der Waals surface area (Å²) in [6.07, 6.45) is 0. The van der Waals surface area contributed by atoms with Gasteiger partial charge in [0.15, 0.2) is 11.9 Å². The van der Waals surface area contributed by atoms with Gasteiger partial charge in [0.25, 0.3) is 11.8 Å². The second kappa shape index (κ2) is 10.3. The molecular formula is C22H26N8O2. The van der Waals surface area contributed by atoms with Crippen LogP contribution in [0.25, 0.3) is 0 Å². The van der Waals surface area contributed by atoms with E-state index in [1.807, 2.05) is 24.3 Å². The SMILES string of the molecule is O=C(NCCNC(=O)c1ccc(NC2=NCCN2)cc1)c1ccc(NC2=NCCN2)cc1. The molecule has 2 aliphatic heterocycles. The maximum absolute atomic E-state index is 12.3. The van der Waals surface area contributed by atoms with Gasteiger partial charge in [-0.2, -0.15) is 0 Å². The molecule has 0 aromatic heterocycles. The Kier molecular flexibility index (Phi) is 6.81. The highest BCUT2D eigenvalue weighted by atomic mass is 16.2. The molecule has 32 heavy (non-hydrogen) atoms. The van der Waals surface area contributed by atoms with Crippen molar-refractivity contribution in [2.45, 2.75) is 0 Å². The molecule has 0 bridgehead atoms. The summed E-state index contributed by atoms with van der Waals surface area (Å²) < 4.78 is 0. The van der Waals surface area contributed by atoms with E-state index in [4.69, 9.17) is 0 Å². The number of nitrogens with one attached hydrogen (secondary N) is 6. The third-order valence-electron chi connectivity index (χ3n) is 4.86. The van der Waals surface area contributed by atoms with Crippen LogP contribution in [0.2, 0.25) is 0 Å². The van der Waals surface area contributed by atoms with Crippen LogP contribution in [0.5, 0.6) is 0 Å². The van der Waals surface area contributed by atoms with E-state index in [-0.39, 0.29) is 11.8 Å². The van der Waals surface area contributed by atoms with E-state index in [0.29, 0.717) is 24.2 Å². The number of anilines is 2. The third-order valence-corrected chi connectivity index (χ3v) is 4.86. The standard InChI is InChI=1S/C22H26N8O2/c31-19(15-1-5-17(6-2-15)29-21-25-11-12-26-21)23-9-10-24-20(32)16-3-7-18(8-4-16)30-22-27-13-14-28-22/h1-8H,9-14H2,(H,23,31)(H,24,32)(H2,25,26,29)(H2,27,28,30). The Hall–Kier alpha value is -4.08. The second-order valence-corrected chi connectivity index (χ2v) is 7.23. The number of hydrogen-bond donors (Lipinski definition) is 6. The number of rotatable bonds is 7. The fourth-order valence-electron chi connectivity index (χ4n) is 3.20. The monoisotopic (exact) mass is 434 g/mol. The van der Waals surface area contributed by atoms with Crippen molar-refractivity contribution in [1.82, 2.24) is 21.3 Å². The summed E-state index contributed by atoms with van der Waals surface area (Å²) in [7, 11) is 0. The van der Waals surface area contributed by atoms with Crippen molar-refractivity contribution in [1.29, 1.82) is 0 Å². The molecule has 0 spiro atoms. The topological polar surface area (TPSA) is 131 Å². The number of amides is 2. The van der Waals surface area contributed by atoms with Crippen molar-refractivity contribution in [3.8, 4) is 0 Å². The van der Waals surface area contributed by atoms with Crippen LogP contribution in [0.1, 0.15) is 20.7 Å². The molecular weight excluding hydrogens is 408 g/mol. The molecule has 2 aromatic rings. The van der Waals surface area contributed by atoms with E-state index >= 15 is 0 Å². The quantitative estimate of drug-likeness (QED) is 0.354. The highest BCUT2D eigenvalue weighted by molar-refractivity contribution is 5.98. The normalized spacial score (nSPS) is 14.5. The predicted octanol–water partition coefficient (Wildman–Crippen LogP) is 0.589. The van der Waals surface area contributed by atoms with Crippen LogP contribution in [-0.4, -0.2) is 63.0 Å². The molecule has 0 atom stereocenters. The zero-order valence-electron chi connectivity index (χ0n) is 17.6. The van der Waals surface area contributed by atoms with Gasteiger partial charge < -0.3 is 31.9 Å². The average Bonchev–Trinajstić information content (AvgIpc) is 3.52. The highest BCUT2D eigenvalue weighted by Crippen LogP contribution is 2.11. The first-order valence-electron chi connectivity index (χ1n) is 10.5. The van der Waals surface area contributed by atoms with E-state index in [9.17, 15) is 9.59 Å². The van der Waals surface area contributed by atoms with E-state index in [2.05, 4.69) is 41.9 Å². The fraction of sp³-hybridized carbons (Fsp3) is 0.273. The van der Waals surface area contributed by atoms with Crippen LogP contribution < -0.4 is 31.9 Å². The Morgan fingerprint density at radius 3 is 1.44 bits per heavy atom. The second-order valence-electron chi connectivity index (χ2n) is 7.23. The Bertz CT molecular complexity index is 932. The Labute approximate surface area is 186 Å². The lowest BCUT2D eigenvalue weighted by Gasteiger charge is -2.10. The number of carbonyl (C=O) groups is 2. The Morgan fingerprint density at radius 1 is 0.688 bits per heavy atom. The largest absolute Gasteiger partial charge is 0.354 e. The number of guanidine groups is 2. The molecule has 10 heteroatoms. The summed E-state index contributed by atoms with van der Waals surface area (Å²) in [4.78, 5) is 33.1. The molecule has 6 N–H and O–H groups in total. The van der Waals surface area contributed by atoms with Gasteiger partial charge in [0.1, 0.15) is 0 Å². The maximum atomic E-state index is 12.3. The number of nitrogens with zero attached hydrogens (tertiary/aromatic N) is 2. The van der Waals surface area contributed by atoms with Gasteiger partial charge in [-0.15, -0.1) is 0 Å². The summed E-state index contributed by atoms with van der Waals surface area (Å²) in [6.45, 7) is 3.84.